The van der Waals surface area contributed by atoms with Gasteiger partial charge in [-0.3, -0.25) is 19.4 Å². The number of ether oxygens (including phenoxy) is 2. The van der Waals surface area contributed by atoms with E-state index in [1.165, 1.54) is 7.11 Å². The summed E-state index contributed by atoms with van der Waals surface area (Å²) in [6.07, 6.45) is 7.54. The number of fused-ring (bicyclic) bond motifs is 9. The number of methoxy groups -OCH3 is 2. The van der Waals surface area contributed by atoms with Crippen LogP contribution in [0.15, 0.2) is 48.6 Å². The number of hydrogen-bond donors (Lipinski definition) is 5. The van der Waals surface area contributed by atoms with Crippen molar-refractivity contribution >= 4 is 28.5 Å². The predicted octanol–water partition coefficient (Wildman–Crippen LogP) is 3.76. The van der Waals surface area contributed by atoms with E-state index in [-0.39, 0.29) is 24.4 Å². The molecule has 2 bridgehead atoms. The Morgan fingerprint density at radius 2 is 1.88 bits per heavy atom. The average molecular weight is 784 g/mol. The van der Waals surface area contributed by atoms with Crippen molar-refractivity contribution in [3.8, 4) is 5.75 Å². The zero-order chi connectivity index (χ0) is 40.5. The van der Waals surface area contributed by atoms with E-state index in [1.54, 1.807) is 7.11 Å². The van der Waals surface area contributed by atoms with Gasteiger partial charge in [-0.05, 0) is 80.7 Å². The van der Waals surface area contributed by atoms with Gasteiger partial charge in [0, 0.05) is 96.5 Å². The van der Waals surface area contributed by atoms with Crippen LogP contribution in [0.5, 0.6) is 5.75 Å². The van der Waals surface area contributed by atoms with Gasteiger partial charge >= 0.3 is 5.97 Å². The van der Waals surface area contributed by atoms with Crippen molar-refractivity contribution in [3.05, 3.63) is 70.9 Å². The minimum absolute atomic E-state index is 0.0251. The molecule has 3 aromatic rings. The molecule has 1 spiro atoms. The summed E-state index contributed by atoms with van der Waals surface area (Å²) < 4.78 is 12.3. The molecule has 2 aromatic carbocycles. The van der Waals surface area contributed by atoms with Crippen LogP contribution in [0.4, 0.5) is 5.69 Å². The first-order valence-corrected chi connectivity index (χ1v) is 20.9. The number of carbonyl (C=O) groups excluding carboxylic acids is 2. The number of carbonyl (C=O) groups is 2. The van der Waals surface area contributed by atoms with Crippen molar-refractivity contribution in [3.63, 3.8) is 0 Å². The Bertz CT molecular complexity index is 2070. The monoisotopic (exact) mass is 783 g/mol. The number of aromatic nitrogens is 1. The van der Waals surface area contributed by atoms with Gasteiger partial charge in [-0.25, -0.2) is 0 Å². The summed E-state index contributed by atoms with van der Waals surface area (Å²) >= 11 is 0. The third-order valence-corrected chi connectivity index (χ3v) is 15.2. The van der Waals surface area contributed by atoms with Crippen LogP contribution < -0.4 is 15.4 Å². The number of benzene rings is 2. The van der Waals surface area contributed by atoms with Gasteiger partial charge in [-0.2, -0.15) is 0 Å². The molecule has 2 saturated heterocycles. The zero-order valence-corrected chi connectivity index (χ0v) is 34.2. The first-order chi connectivity index (χ1) is 27.4. The standard InChI is InChI=1S/C45H61N5O7/c1-6-42(55)16-13-28-24-45(41(54)57-5,39-30(14-19-49(25-28)27-42)29-11-8-9-12-33(29)47-39)32-21-31-34(22-35(32)56-4)48(3)36(23-38(46)53)44(31)17-20-50-18-10-15-43(7-2,40(44)50)37(52)26-51/h8-12,15,21-22,28,36-37,40,47,51-52,55H,6-7,13-14,16-20,23-27H2,1-5H3,(H2,46,53)/t28-,36+,37+,40+,42+,43+,44+,45+/m1/s1. The minimum atomic E-state index is -1.35. The van der Waals surface area contributed by atoms with Crippen LogP contribution in [0.25, 0.3) is 10.9 Å². The van der Waals surface area contributed by atoms with Crippen LogP contribution in [-0.2, 0) is 31.6 Å². The van der Waals surface area contributed by atoms with E-state index < -0.39 is 46.4 Å². The fourth-order valence-corrected chi connectivity index (χ4v) is 12.5. The number of hydrogen-bond acceptors (Lipinski definition) is 10. The zero-order valence-electron chi connectivity index (χ0n) is 34.2. The number of H-pyrrole nitrogens is 1. The highest BCUT2D eigenvalue weighted by molar-refractivity contribution is 5.94. The van der Waals surface area contributed by atoms with E-state index in [2.05, 4.69) is 57.0 Å². The number of likely N-dealkylation sites (N-methyl/N-ethyl adjacent to an activating group) is 1. The molecule has 0 radical (unpaired) electrons. The summed E-state index contributed by atoms with van der Waals surface area (Å²) in [7, 11) is 5.10. The molecule has 9 atom stereocenters. The van der Waals surface area contributed by atoms with Gasteiger partial charge in [0.2, 0.25) is 5.91 Å². The highest BCUT2D eigenvalue weighted by Gasteiger charge is 2.66. The maximum absolute atomic E-state index is 15.3. The highest BCUT2D eigenvalue weighted by atomic mass is 16.5. The Morgan fingerprint density at radius 3 is 2.58 bits per heavy atom. The number of nitrogens with two attached hydrogens (primary N) is 1. The molecule has 2 fully saturated rings. The van der Waals surface area contributed by atoms with Crippen molar-refractivity contribution in [2.75, 3.05) is 65.5 Å². The average Bonchev–Trinajstić information content (AvgIpc) is 3.84. The second-order valence-corrected chi connectivity index (χ2v) is 17.7. The first kappa shape index (κ1) is 39.9. The van der Waals surface area contributed by atoms with E-state index in [0.717, 1.165) is 52.9 Å². The third kappa shape index (κ3) is 5.87. The van der Waals surface area contributed by atoms with Gasteiger partial charge in [-0.15, -0.1) is 0 Å². The molecule has 1 amide bonds. The topological polar surface area (TPSA) is 165 Å². The number of nitrogens with one attached hydrogen (secondary N) is 1. The maximum Gasteiger partial charge on any atom is 0.322 e. The molecule has 1 unspecified atom stereocenters. The number of aromatic amines is 1. The summed E-state index contributed by atoms with van der Waals surface area (Å²) in [6, 6.07) is 11.7. The highest BCUT2D eigenvalue weighted by Crippen LogP contribution is 2.62. The van der Waals surface area contributed by atoms with E-state index >= 15 is 4.79 Å². The van der Waals surface area contributed by atoms with Gasteiger partial charge in [-0.1, -0.05) is 44.2 Å². The normalized spacial score (nSPS) is 34.1. The van der Waals surface area contributed by atoms with Gasteiger partial charge < -0.3 is 40.4 Å². The van der Waals surface area contributed by atoms with Gasteiger partial charge in [0.25, 0.3) is 0 Å². The second-order valence-electron chi connectivity index (χ2n) is 17.7. The van der Waals surface area contributed by atoms with Crippen molar-refractivity contribution in [2.24, 2.45) is 17.1 Å². The summed E-state index contributed by atoms with van der Waals surface area (Å²) in [6.45, 7) is 7.11. The quantitative estimate of drug-likeness (QED) is 0.160. The van der Waals surface area contributed by atoms with Crippen molar-refractivity contribution in [1.29, 1.82) is 0 Å². The Morgan fingerprint density at radius 1 is 1.09 bits per heavy atom. The molecule has 0 saturated carbocycles. The fraction of sp³-hybridized carbons (Fsp3) is 0.600. The van der Waals surface area contributed by atoms with E-state index in [4.69, 9.17) is 15.2 Å². The molecule has 57 heavy (non-hydrogen) atoms. The summed E-state index contributed by atoms with van der Waals surface area (Å²) in [5, 5.41) is 35.2. The largest absolute Gasteiger partial charge is 0.496 e. The maximum atomic E-state index is 15.3. The molecular weight excluding hydrogens is 723 g/mol. The second kappa shape index (κ2) is 14.7. The Balaban J connectivity index is 1.44. The number of aliphatic hydroxyl groups is 3. The number of anilines is 1. The number of primary amides is 1. The van der Waals surface area contributed by atoms with E-state index in [1.807, 2.05) is 32.2 Å². The van der Waals surface area contributed by atoms with Crippen molar-refractivity contribution in [2.45, 2.75) is 99.8 Å². The number of amides is 1. The van der Waals surface area contributed by atoms with Crippen LogP contribution >= 0.6 is 0 Å². The molecule has 1 aromatic heterocycles. The van der Waals surface area contributed by atoms with Crippen molar-refractivity contribution < 1.29 is 34.4 Å². The van der Waals surface area contributed by atoms with Crippen LogP contribution in [0, 0.1) is 11.3 Å². The molecule has 12 nitrogen and oxygen atoms in total. The first-order valence-electron chi connectivity index (χ1n) is 20.9. The molecule has 0 aliphatic carbocycles. The van der Waals surface area contributed by atoms with E-state index in [9.17, 15) is 20.1 Å². The van der Waals surface area contributed by atoms with Crippen molar-refractivity contribution in [1.82, 2.24) is 14.8 Å². The minimum Gasteiger partial charge on any atom is -0.496 e. The number of rotatable bonds is 9. The Labute approximate surface area is 336 Å². The SMILES string of the molecule is CC[C@]1(O)CC[C@H]2CN(CCc3c([nH]c4ccccc34)[C@@](C(=O)OC)(c3cc4c(cc3OC)N(C)[C@@H](CC(N)=O)[C@]43CCN4CC=C[C@@](CC)([C@@H](O)CO)[C@H]43)C2)C1. The van der Waals surface area contributed by atoms with Crippen LogP contribution in [0.1, 0.15) is 81.2 Å². The lowest BCUT2D eigenvalue weighted by molar-refractivity contribution is -0.146. The number of aliphatic hydroxyl groups excluding tert-OH is 2. The Hall–Kier alpha value is -3.94. The number of esters is 1. The third-order valence-electron chi connectivity index (χ3n) is 15.2. The van der Waals surface area contributed by atoms with Gasteiger partial charge in [0.1, 0.15) is 11.2 Å². The summed E-state index contributed by atoms with van der Waals surface area (Å²) in [5.41, 5.74) is 7.68. The fourth-order valence-electron chi connectivity index (χ4n) is 12.5. The lowest BCUT2D eigenvalue weighted by Crippen LogP contribution is -2.63. The molecule has 12 heteroatoms. The lowest BCUT2D eigenvalue weighted by atomic mass is 9.57. The van der Waals surface area contributed by atoms with Gasteiger partial charge in [0.15, 0.2) is 0 Å². The van der Waals surface area contributed by atoms with E-state index in [0.29, 0.717) is 69.5 Å². The smallest absolute Gasteiger partial charge is 0.322 e. The number of nitrogens with zero attached hydrogens (tertiary/aromatic N) is 3. The molecular formula is C45H61N5O7. The summed E-state index contributed by atoms with van der Waals surface area (Å²) in [4.78, 5) is 39.1. The molecule has 6 heterocycles. The lowest BCUT2D eigenvalue weighted by Gasteiger charge is -2.53. The number of para-hydroxylation sites is 1. The molecule has 5 aliphatic rings. The Kier molecular flexibility index (Phi) is 10.3. The van der Waals surface area contributed by atoms with Gasteiger partial charge in [0.05, 0.1) is 32.5 Å². The summed E-state index contributed by atoms with van der Waals surface area (Å²) in [5.74, 6) is -0.248. The van der Waals surface area contributed by atoms with Crippen LogP contribution in [0.3, 0.4) is 0 Å². The van der Waals surface area contributed by atoms with Crippen LogP contribution in [0.2, 0.25) is 0 Å². The molecule has 308 valence electrons. The predicted molar refractivity (Wildman–Crippen MR) is 219 cm³/mol. The molecule has 8 rings (SSSR count). The van der Waals surface area contributed by atoms with Crippen LogP contribution in [-0.4, -0.2) is 126 Å². The molecule has 6 N–H and O–H groups in total. The molecule has 5 aliphatic heterocycles.